The van der Waals surface area contributed by atoms with Gasteiger partial charge in [-0.05, 0) is 0 Å². The molecule has 31 heavy (non-hydrogen) atoms. The lowest BCUT2D eigenvalue weighted by atomic mass is 10.1. The minimum Gasteiger partial charge on any atom is -0.378 e. The summed E-state index contributed by atoms with van der Waals surface area (Å²) in [6, 6.07) is 0.885. The van der Waals surface area contributed by atoms with Gasteiger partial charge in [0.1, 0.15) is 0 Å². The van der Waals surface area contributed by atoms with E-state index in [1.54, 1.807) is 17.3 Å². The third-order valence-corrected chi connectivity index (χ3v) is 5.02. The molecule has 0 saturated carbocycles. The highest BCUT2D eigenvalue weighted by molar-refractivity contribution is 5.75. The van der Waals surface area contributed by atoms with Gasteiger partial charge in [0, 0.05) is 31.5 Å². The summed E-state index contributed by atoms with van der Waals surface area (Å²) in [5.41, 5.74) is 0.569. The number of hydrogen-bond donors (Lipinski definition) is 2. The molecule has 1 aromatic carbocycles. The van der Waals surface area contributed by atoms with Gasteiger partial charge in [-0.25, -0.2) is 22.8 Å². The number of aromatic nitrogens is 6. The van der Waals surface area contributed by atoms with Crippen LogP contribution in [0.15, 0.2) is 30.9 Å². The first-order valence-electron chi connectivity index (χ1n) is 9.53. The Morgan fingerprint density at radius 3 is 2.71 bits per heavy atom. The van der Waals surface area contributed by atoms with Gasteiger partial charge in [-0.3, -0.25) is 5.10 Å². The minimum atomic E-state index is -1.25. The van der Waals surface area contributed by atoms with Gasteiger partial charge in [-0.15, -0.1) is 0 Å². The van der Waals surface area contributed by atoms with Gasteiger partial charge in [0.15, 0.2) is 23.1 Å². The zero-order chi connectivity index (χ0) is 21.4. The van der Waals surface area contributed by atoms with Crippen molar-refractivity contribution in [3.8, 4) is 0 Å². The number of hydrogen-bond acceptors (Lipinski definition) is 7. The van der Waals surface area contributed by atoms with E-state index in [1.807, 2.05) is 0 Å². The van der Waals surface area contributed by atoms with E-state index in [4.69, 9.17) is 4.74 Å². The maximum absolute atomic E-state index is 15.2. The van der Waals surface area contributed by atoms with Gasteiger partial charge in [0.05, 0.1) is 54.5 Å². The van der Waals surface area contributed by atoms with E-state index in [0.717, 1.165) is 6.07 Å². The molecule has 0 radical (unpaired) electrons. The largest absolute Gasteiger partial charge is 0.378 e. The van der Waals surface area contributed by atoms with E-state index in [-0.39, 0.29) is 18.2 Å². The van der Waals surface area contributed by atoms with Crippen LogP contribution in [0, 0.1) is 17.5 Å². The zero-order valence-corrected chi connectivity index (χ0v) is 16.1. The van der Waals surface area contributed by atoms with Crippen molar-refractivity contribution in [2.75, 3.05) is 36.5 Å². The summed E-state index contributed by atoms with van der Waals surface area (Å²) in [5, 5.41) is 14.2. The average Bonchev–Trinajstić information content (AvgIpc) is 3.44. The molecule has 2 N–H and O–H groups in total. The van der Waals surface area contributed by atoms with Crippen molar-refractivity contribution in [2.45, 2.75) is 6.54 Å². The first-order valence-corrected chi connectivity index (χ1v) is 9.53. The van der Waals surface area contributed by atoms with E-state index in [0.29, 0.717) is 43.0 Å². The summed E-state index contributed by atoms with van der Waals surface area (Å²) in [7, 11) is 0. The predicted octanol–water partition coefficient (Wildman–Crippen LogP) is 2.60. The number of nitrogens with one attached hydrogen (secondary N) is 2. The lowest BCUT2D eigenvalue weighted by Gasteiger charge is -2.29. The monoisotopic (exact) mass is 430 g/mol. The summed E-state index contributed by atoms with van der Waals surface area (Å²) in [4.78, 5) is 10.2. The number of morpholine rings is 1. The number of ether oxygens (including phenoxy) is 1. The normalized spacial score (nSPS) is 14.4. The molecule has 9 nitrogen and oxygen atoms in total. The van der Waals surface area contributed by atoms with Crippen molar-refractivity contribution in [1.82, 2.24) is 29.9 Å². The molecule has 1 fully saturated rings. The highest BCUT2D eigenvalue weighted by Crippen LogP contribution is 2.29. The molecule has 3 aromatic heterocycles. The summed E-state index contributed by atoms with van der Waals surface area (Å²) >= 11 is 0. The molecule has 0 aliphatic carbocycles. The van der Waals surface area contributed by atoms with Crippen LogP contribution in [0.5, 0.6) is 0 Å². The van der Waals surface area contributed by atoms with Gasteiger partial charge in [0.25, 0.3) is 0 Å². The number of aromatic amines is 1. The van der Waals surface area contributed by atoms with Crippen molar-refractivity contribution in [3.05, 3.63) is 53.9 Å². The molecule has 1 saturated heterocycles. The molecule has 160 valence electrons. The highest BCUT2D eigenvalue weighted by atomic mass is 19.2. The molecule has 1 aliphatic heterocycles. The second-order valence-electron chi connectivity index (χ2n) is 6.97. The molecule has 4 aromatic rings. The van der Waals surface area contributed by atoms with Crippen LogP contribution in [0.3, 0.4) is 0 Å². The fraction of sp³-hybridized carbons (Fsp3) is 0.263. The van der Waals surface area contributed by atoms with Gasteiger partial charge >= 0.3 is 0 Å². The van der Waals surface area contributed by atoms with Crippen molar-refractivity contribution >= 4 is 28.4 Å². The highest BCUT2D eigenvalue weighted by Gasteiger charge is 2.24. The maximum atomic E-state index is 15.2. The van der Waals surface area contributed by atoms with Gasteiger partial charge in [-0.2, -0.15) is 15.2 Å². The van der Waals surface area contributed by atoms with Gasteiger partial charge in [0.2, 0.25) is 5.95 Å². The summed E-state index contributed by atoms with van der Waals surface area (Å²) < 4.78 is 50.7. The van der Waals surface area contributed by atoms with Crippen LogP contribution in [-0.4, -0.2) is 56.2 Å². The van der Waals surface area contributed by atoms with Gasteiger partial charge < -0.3 is 15.0 Å². The Bertz CT molecular complexity index is 1220. The Labute approximate surface area is 173 Å². The third-order valence-electron chi connectivity index (χ3n) is 5.02. The number of halogens is 3. The number of nitrogens with zero attached hydrogens (tertiary/aromatic N) is 6. The number of fused-ring (bicyclic) bond motifs is 1. The average molecular weight is 430 g/mol. The lowest BCUT2D eigenvalue weighted by Crippen LogP contribution is -2.37. The smallest absolute Gasteiger partial charge is 0.229 e. The molecule has 0 spiro atoms. The fourth-order valence-corrected chi connectivity index (χ4v) is 3.46. The van der Waals surface area contributed by atoms with Crippen molar-refractivity contribution in [3.63, 3.8) is 0 Å². The van der Waals surface area contributed by atoms with Crippen molar-refractivity contribution in [2.24, 2.45) is 0 Å². The van der Waals surface area contributed by atoms with Crippen LogP contribution in [0.1, 0.15) is 5.56 Å². The van der Waals surface area contributed by atoms with Crippen LogP contribution in [0.25, 0.3) is 11.0 Å². The second kappa shape index (κ2) is 7.87. The van der Waals surface area contributed by atoms with Crippen molar-refractivity contribution < 1.29 is 17.9 Å². The van der Waals surface area contributed by atoms with E-state index >= 15 is 4.39 Å². The molecule has 1 aliphatic rings. The number of H-pyrrole nitrogens is 1. The van der Waals surface area contributed by atoms with Crippen LogP contribution in [0.2, 0.25) is 0 Å². The molecule has 4 heterocycles. The number of rotatable bonds is 5. The molecule has 0 atom stereocenters. The van der Waals surface area contributed by atoms with E-state index in [1.165, 1.54) is 17.1 Å². The third kappa shape index (κ3) is 3.65. The Morgan fingerprint density at radius 2 is 1.94 bits per heavy atom. The predicted molar refractivity (Wildman–Crippen MR) is 106 cm³/mol. The molecule has 5 rings (SSSR count). The summed E-state index contributed by atoms with van der Waals surface area (Å²) in [5.74, 6) is -2.93. The summed E-state index contributed by atoms with van der Waals surface area (Å²) in [6.45, 7) is 1.23. The molecular formula is C19H17F3N8O. The molecule has 0 amide bonds. The summed E-state index contributed by atoms with van der Waals surface area (Å²) in [6.07, 6.45) is 6.19. The Kier molecular flexibility index (Phi) is 4.90. The van der Waals surface area contributed by atoms with Gasteiger partial charge in [-0.1, -0.05) is 0 Å². The zero-order valence-electron chi connectivity index (χ0n) is 16.1. The van der Waals surface area contributed by atoms with E-state index in [2.05, 4.69) is 30.6 Å². The molecule has 12 heteroatoms. The number of anilines is 3. The SMILES string of the molecule is Fc1cc(N2CCOCC2)c(F)c(Cn2ncc3cnc(Nc4cn[nH]c4)nc32)c1F. The maximum Gasteiger partial charge on any atom is 0.229 e. The standard InChI is InChI=1S/C19H17F3N8O/c20-14-5-15(29-1-3-31-4-2-29)17(22)13(16(14)21)10-30-18-11(7-26-30)6-23-19(28-18)27-12-8-24-25-9-12/h5-9H,1-4,10H2,(H,24,25)(H,23,27,28). The first-order chi connectivity index (χ1) is 15.1. The minimum absolute atomic E-state index is 0.00519. The topological polar surface area (TPSA) is 96.8 Å². The first kappa shape index (κ1) is 19.3. The second-order valence-corrected chi connectivity index (χ2v) is 6.97. The Morgan fingerprint density at radius 1 is 1.10 bits per heavy atom. The van der Waals surface area contributed by atoms with Crippen LogP contribution in [0.4, 0.5) is 30.5 Å². The molecular weight excluding hydrogens is 413 g/mol. The van der Waals surface area contributed by atoms with E-state index < -0.39 is 23.0 Å². The quantitative estimate of drug-likeness (QED) is 0.470. The Balaban J connectivity index is 1.51. The van der Waals surface area contributed by atoms with Crippen LogP contribution in [-0.2, 0) is 11.3 Å². The van der Waals surface area contributed by atoms with Crippen LogP contribution >= 0.6 is 0 Å². The van der Waals surface area contributed by atoms with Crippen molar-refractivity contribution in [1.29, 1.82) is 0 Å². The fourth-order valence-electron chi connectivity index (χ4n) is 3.46. The molecule has 0 unspecified atom stereocenters. The number of benzene rings is 1. The lowest BCUT2D eigenvalue weighted by molar-refractivity contribution is 0.122. The van der Waals surface area contributed by atoms with Crippen LogP contribution < -0.4 is 10.2 Å². The Hall–Kier alpha value is -3.67. The molecule has 0 bridgehead atoms. The van der Waals surface area contributed by atoms with E-state index in [9.17, 15) is 8.78 Å².